The monoisotopic (exact) mass is 1340 g/mol. The molecule has 0 fully saturated rings. The summed E-state index contributed by atoms with van der Waals surface area (Å²) in [6.45, 7) is 0. The third-order valence-electron chi connectivity index (χ3n) is 0. The van der Waals surface area contributed by atoms with Gasteiger partial charge in [0.15, 0.2) is 0 Å². The van der Waals surface area contributed by atoms with E-state index in [0.29, 0.717) is 0 Å². The maximum absolute atomic E-state index is 7.25. The molecule has 0 aliphatic rings. The smallest absolute Gasteiger partial charge is 0.0467 e. The molecule has 0 radical (unpaired) electrons. The van der Waals surface area contributed by atoms with Gasteiger partial charge in [-0.25, -0.2) is 0 Å². The van der Waals surface area contributed by atoms with Gasteiger partial charge in [0.05, 0.1) is 0 Å². The number of rotatable bonds is 0. The summed E-state index contributed by atoms with van der Waals surface area (Å²) in [5.74, 6) is 0. The topological polar surface area (TPSA) is 932 Å². The summed E-state index contributed by atoms with van der Waals surface area (Å²) in [6, 6.07) is 0. The fourth-order valence-corrected chi connectivity index (χ4v) is 0. The van der Waals surface area contributed by atoms with Crippen molar-refractivity contribution < 1.29 is 382 Å². The summed E-state index contributed by atoms with van der Waals surface area (Å²) in [6.07, 6.45) is 0. The molecule has 0 amide bonds. The Bertz CT molecular complexity index is 61.2. The second-order valence-electron chi connectivity index (χ2n) is 0. The Morgan fingerprint density at radius 2 is 0.193 bits per heavy atom. The van der Waals surface area contributed by atoms with E-state index in [1.165, 1.54) is 0 Å². The van der Waals surface area contributed by atoms with E-state index in [4.69, 9.17) is 189 Å². The van der Waals surface area contributed by atoms with Crippen molar-refractivity contribution in [2.75, 3.05) is 0 Å². The maximum atomic E-state index is 7.25. The molecule has 34 N–H and O–H groups in total. The van der Waals surface area contributed by atoms with Crippen molar-refractivity contribution in [1.29, 1.82) is 0 Å². The van der Waals surface area contributed by atoms with Gasteiger partial charge in [-0.15, -0.1) is 0 Å². The maximum Gasteiger partial charge on any atom is 0.0467 e. The fourth-order valence-electron chi connectivity index (χ4n) is 0. The second kappa shape index (κ2) is 23000. The molecular formula is C5H52Fe10O42-10. The Kier molecular flexibility index (Phi) is 191000. The van der Waals surface area contributed by atoms with Gasteiger partial charge in [-0.1, -0.05) is 22.3 Å². The molecule has 42 nitrogen and oxygen atoms in total. The van der Waals surface area contributed by atoms with Gasteiger partial charge in [0.1, 0.15) is 0 Å². The van der Waals surface area contributed by atoms with E-state index in [2.05, 4.69) is 0 Å². The predicted molar refractivity (Wildman–Crippen MR) is 122 cm³/mol. The average Bonchev–Trinajstić information content (AvgIpc) is 3.13. The number of hydrogen-bond donors (Lipinski definition) is 25. The molecule has 0 rings (SSSR count). The van der Waals surface area contributed by atoms with Crippen LogP contribution in [0.4, 0.5) is 0 Å². The van der Waals surface area contributed by atoms with Crippen LogP contribution in [0.25, 0.3) is 0 Å². The Labute approximate surface area is 426 Å². The quantitative estimate of drug-likeness (QED) is 0.0463. The first-order valence-corrected chi connectivity index (χ1v) is 3.41. The van der Waals surface area contributed by atoms with Gasteiger partial charge in [0.2, 0.25) is 0 Å². The molecule has 57 heavy (non-hydrogen) atoms. The Balaban J connectivity index is -0.00000000159. The molecule has 0 bridgehead atoms. The largest absolute Gasteiger partial charge is 0.870 e. The minimum Gasteiger partial charge on any atom is -0.870 e. The zero-order valence-corrected chi connectivity index (χ0v) is 35.1. The minimum atomic E-state index is 0. The normalized spacial score (nSPS) is 1.86. The van der Waals surface area contributed by atoms with E-state index in [0.717, 1.165) is 0 Å². The molecule has 0 aromatic heterocycles. The van der Waals surface area contributed by atoms with Crippen molar-refractivity contribution in [2.24, 2.45) is 0 Å². The number of hydrogen-bond acceptors (Lipinski definition) is 39. The van der Waals surface area contributed by atoms with Crippen LogP contribution in [-0.4, -0.2) is 164 Å². The predicted octanol–water partition coefficient (Wildman–Crippen LogP) is -10.6. The standard InChI is InChI=1S/3CH4.2CH3.10Fe.17H2O2.O2.6H2O/c;;;;;;;;;;;;;;;18*1-2;;;;;;/h3*1H4;2*1H3;;;;;;;;;;;17*1-2H;;6*1H2/q;;;2*+1;;;;;;;;;;;;;;;;;;;;;;;;;;;;;;;;;;/p-12. The summed E-state index contributed by atoms with van der Waals surface area (Å²) >= 11 is 0. The molecule has 0 aromatic rings. The van der Waals surface area contributed by atoms with Crippen LogP contribution in [0.3, 0.4) is 0 Å². The summed E-state index contributed by atoms with van der Waals surface area (Å²) < 4.78 is 0. The van der Waals surface area contributed by atoms with E-state index >= 15 is 0 Å². The Hall–Kier alpha value is 2.93. The van der Waals surface area contributed by atoms with Crippen LogP contribution in [-0.2, 0) is 171 Å². The Morgan fingerprint density at radius 3 is 0.193 bits per heavy atom. The van der Waals surface area contributed by atoms with E-state index < -0.39 is 0 Å². The van der Waals surface area contributed by atoms with Crippen molar-refractivity contribution in [3.8, 4) is 0 Å². The third kappa shape index (κ3) is 22200. The van der Waals surface area contributed by atoms with Gasteiger partial charge in [-0.05, 0) is 0 Å². The van der Waals surface area contributed by atoms with Crippen molar-refractivity contribution in [1.82, 2.24) is 0 Å². The third-order valence-corrected chi connectivity index (χ3v) is 0. The SMILES string of the molecule is C.C.C.O.O.O.O=O.OO.OO.OO.OO.OO.OO.OO.OO.[CH3+].[CH3+].[Fe].[Fe].[Fe].[Fe].[Fe].[Fe].[Fe].[Fe].[Fe].[Fe].[O-]O.[O-]O.[O-]O.[O-]O.[O-]O.[O-]O.[O-]O.[O-]O.[O-]O.[OH-].[OH-].[OH-]. The van der Waals surface area contributed by atoms with E-state index in [9.17, 15) is 0 Å². The van der Waals surface area contributed by atoms with Crippen LogP contribution in [0.1, 0.15) is 22.3 Å². The van der Waals surface area contributed by atoms with Crippen LogP contribution < -0.4 is 47.3 Å². The van der Waals surface area contributed by atoms with Crippen molar-refractivity contribution in [3.05, 3.63) is 24.8 Å². The van der Waals surface area contributed by atoms with Gasteiger partial charge >= 0.3 is 0 Å². The van der Waals surface area contributed by atoms with E-state index in [1.54, 1.807) is 0 Å². The van der Waals surface area contributed by atoms with E-state index in [-0.39, 0.29) is 241 Å². The van der Waals surface area contributed by atoms with Crippen molar-refractivity contribution in [3.63, 3.8) is 0 Å². The average molecular weight is 1340 g/mol. The first-order chi connectivity index (χ1) is 18.0. The van der Waals surface area contributed by atoms with Crippen LogP contribution in [0.15, 0.2) is 0 Å². The molecule has 52 heteroatoms. The summed E-state index contributed by atoms with van der Waals surface area (Å²) in [5, 5.41) is 213. The molecular weight excluding hydrogens is 1290 g/mol. The van der Waals surface area contributed by atoms with Gasteiger partial charge in [0.25, 0.3) is 0 Å². The minimum absolute atomic E-state index is 0. The van der Waals surface area contributed by atoms with Gasteiger partial charge in [-0.2, -0.15) is 0 Å². The summed E-state index contributed by atoms with van der Waals surface area (Å²) in [7, 11) is 0. The Morgan fingerprint density at radius 1 is 0.193 bits per heavy atom. The van der Waals surface area contributed by atoms with Crippen LogP contribution >= 0.6 is 0 Å². The van der Waals surface area contributed by atoms with Crippen LogP contribution in [0.5, 0.6) is 0 Å². The second-order valence-corrected chi connectivity index (χ2v) is 0. The summed E-state index contributed by atoms with van der Waals surface area (Å²) in [4.78, 5) is 14.0. The molecule has 0 spiro atoms. The first kappa shape index (κ1) is 475. The molecule has 0 heterocycles. The van der Waals surface area contributed by atoms with E-state index in [1.807, 2.05) is 0 Å². The first-order valence-electron chi connectivity index (χ1n) is 3.41. The molecule has 0 saturated carbocycles. The molecule has 414 valence electrons. The van der Waals surface area contributed by atoms with Crippen LogP contribution in [0.2, 0.25) is 0 Å². The fraction of sp³-hybridized carbons (Fsp3) is 0.600. The van der Waals surface area contributed by atoms with Gasteiger partial charge in [-0.3, -0.25) is 84.1 Å². The van der Waals surface area contributed by atoms with Crippen molar-refractivity contribution >= 4 is 0 Å². The molecule has 0 aliphatic heterocycles. The molecule has 0 aliphatic carbocycles. The van der Waals surface area contributed by atoms with Crippen LogP contribution in [0, 0.1) is 24.8 Å². The zero-order chi connectivity index (χ0) is 36.0. The van der Waals surface area contributed by atoms with Gasteiger partial charge in [0, 0.05) is 195 Å². The summed E-state index contributed by atoms with van der Waals surface area (Å²) in [5.41, 5.74) is 0. The molecule has 0 atom stereocenters. The van der Waals surface area contributed by atoms with Crippen molar-refractivity contribution in [2.45, 2.75) is 22.3 Å². The molecule has 0 saturated heterocycles. The van der Waals surface area contributed by atoms with Gasteiger partial charge < -0.3 is 127 Å². The molecule has 0 aromatic carbocycles. The molecule has 0 unspecified atom stereocenters. The zero-order valence-electron chi connectivity index (χ0n) is 24.0.